The van der Waals surface area contributed by atoms with Crippen LogP contribution in [0, 0.1) is 5.92 Å². The van der Waals surface area contributed by atoms with E-state index in [4.69, 9.17) is 14.2 Å². The third kappa shape index (κ3) is 6.22. The van der Waals surface area contributed by atoms with Gasteiger partial charge in [-0.2, -0.15) is 0 Å². The first-order chi connectivity index (χ1) is 11.8. The lowest BCUT2D eigenvalue weighted by Crippen LogP contribution is -2.52. The van der Waals surface area contributed by atoms with E-state index in [0.717, 1.165) is 25.7 Å². The van der Waals surface area contributed by atoms with E-state index in [1.54, 1.807) is 0 Å². The first-order valence-corrected chi connectivity index (χ1v) is 10.0. The summed E-state index contributed by atoms with van der Waals surface area (Å²) in [6, 6.07) is 0. The lowest BCUT2D eigenvalue weighted by Gasteiger charge is -2.48. The summed E-state index contributed by atoms with van der Waals surface area (Å²) < 4.78 is 17.8. The number of carbonyl (C=O) groups excluding carboxylic acids is 1. The molecular weight excluding hydrogens is 320 g/mol. The van der Waals surface area contributed by atoms with E-state index in [1.807, 2.05) is 6.92 Å². The topological polar surface area (TPSA) is 65.0 Å². The van der Waals surface area contributed by atoms with Gasteiger partial charge in [-0.05, 0) is 39.5 Å². The average molecular weight is 357 g/mol. The van der Waals surface area contributed by atoms with Gasteiger partial charge in [-0.1, -0.05) is 26.2 Å². The zero-order valence-corrected chi connectivity index (χ0v) is 16.3. The van der Waals surface area contributed by atoms with Gasteiger partial charge in [0.2, 0.25) is 0 Å². The molecular formula is C20H36O5. The van der Waals surface area contributed by atoms with Crippen LogP contribution in [0.25, 0.3) is 0 Å². The summed E-state index contributed by atoms with van der Waals surface area (Å²) in [5.74, 6) is -0.404. The Morgan fingerprint density at radius 3 is 2.48 bits per heavy atom. The third-order valence-electron chi connectivity index (χ3n) is 5.64. The maximum absolute atomic E-state index is 11.0. The molecule has 2 fully saturated rings. The van der Waals surface area contributed by atoms with Crippen molar-refractivity contribution in [1.29, 1.82) is 0 Å². The summed E-state index contributed by atoms with van der Waals surface area (Å²) in [5.41, 5.74) is 0. The summed E-state index contributed by atoms with van der Waals surface area (Å²) >= 11 is 0. The van der Waals surface area contributed by atoms with E-state index < -0.39 is 11.9 Å². The maximum Gasteiger partial charge on any atom is 0.302 e. The Hall–Kier alpha value is -0.650. The van der Waals surface area contributed by atoms with Gasteiger partial charge < -0.3 is 19.3 Å². The van der Waals surface area contributed by atoms with Crippen molar-refractivity contribution in [2.75, 3.05) is 0 Å². The minimum Gasteiger partial charge on any atom is -0.463 e. The number of ether oxygens (including phenoxy) is 3. The quantitative estimate of drug-likeness (QED) is 0.700. The second-order valence-corrected chi connectivity index (χ2v) is 8.02. The van der Waals surface area contributed by atoms with Gasteiger partial charge in [0.05, 0.1) is 18.3 Å². The highest BCUT2D eigenvalue weighted by Gasteiger charge is 2.44. The SMILES string of the molecule is CCC1CC(CC(O)CC(C)OC(C)=O)OC(C)(C2CCCCC2)O1. The molecule has 5 atom stereocenters. The van der Waals surface area contributed by atoms with Crippen molar-refractivity contribution in [2.45, 2.75) is 116 Å². The molecule has 0 amide bonds. The third-order valence-corrected chi connectivity index (χ3v) is 5.64. The van der Waals surface area contributed by atoms with E-state index in [1.165, 1.54) is 26.2 Å². The summed E-state index contributed by atoms with van der Waals surface area (Å²) in [5, 5.41) is 10.4. The van der Waals surface area contributed by atoms with Gasteiger partial charge in [-0.15, -0.1) is 0 Å². The fourth-order valence-electron chi connectivity index (χ4n) is 4.41. The number of aliphatic hydroxyl groups is 1. The minimum absolute atomic E-state index is 0.00912. The molecule has 1 heterocycles. The number of hydrogen-bond acceptors (Lipinski definition) is 5. The molecule has 1 aliphatic heterocycles. The second-order valence-electron chi connectivity index (χ2n) is 8.02. The fraction of sp³-hybridized carbons (Fsp3) is 0.950. The Bertz CT molecular complexity index is 420. The smallest absolute Gasteiger partial charge is 0.302 e. The Morgan fingerprint density at radius 1 is 1.24 bits per heavy atom. The zero-order valence-electron chi connectivity index (χ0n) is 16.3. The molecule has 1 N–H and O–H groups in total. The van der Waals surface area contributed by atoms with Gasteiger partial charge in [0.15, 0.2) is 5.79 Å². The van der Waals surface area contributed by atoms with E-state index in [9.17, 15) is 9.90 Å². The van der Waals surface area contributed by atoms with Crippen molar-refractivity contribution >= 4 is 5.97 Å². The predicted octanol–water partition coefficient (Wildman–Crippen LogP) is 3.96. The van der Waals surface area contributed by atoms with Crippen molar-refractivity contribution in [3.05, 3.63) is 0 Å². The number of rotatable bonds is 7. The van der Waals surface area contributed by atoms with Crippen molar-refractivity contribution in [1.82, 2.24) is 0 Å². The van der Waals surface area contributed by atoms with Crippen molar-refractivity contribution in [3.63, 3.8) is 0 Å². The summed E-state index contributed by atoms with van der Waals surface area (Å²) in [6.07, 6.45) is 8.26. The van der Waals surface area contributed by atoms with Crippen molar-refractivity contribution < 1.29 is 24.1 Å². The van der Waals surface area contributed by atoms with Crippen LogP contribution in [-0.2, 0) is 19.0 Å². The van der Waals surface area contributed by atoms with E-state index >= 15 is 0 Å². The van der Waals surface area contributed by atoms with Crippen molar-refractivity contribution in [3.8, 4) is 0 Å². The predicted molar refractivity (Wildman–Crippen MR) is 96.1 cm³/mol. The normalized spacial score (nSPS) is 33.6. The standard InChI is InChI=1S/C20H36O5/c1-5-18-13-19(12-17(22)11-14(2)23-15(3)21)25-20(4,24-18)16-9-7-6-8-10-16/h14,16-19,22H,5-13H2,1-4H3. The molecule has 2 rings (SSSR count). The first-order valence-electron chi connectivity index (χ1n) is 10.0. The van der Waals surface area contributed by atoms with Crippen LogP contribution in [0.3, 0.4) is 0 Å². The number of esters is 1. The molecule has 5 unspecified atom stereocenters. The molecule has 0 aromatic heterocycles. The van der Waals surface area contributed by atoms with Gasteiger partial charge in [0.1, 0.15) is 6.10 Å². The Labute approximate surface area is 152 Å². The van der Waals surface area contributed by atoms with Crippen LogP contribution in [0.5, 0.6) is 0 Å². The number of aliphatic hydroxyl groups excluding tert-OH is 1. The van der Waals surface area contributed by atoms with E-state index in [-0.39, 0.29) is 24.3 Å². The second kappa shape index (κ2) is 9.33. The molecule has 1 saturated heterocycles. The average Bonchev–Trinajstić information content (AvgIpc) is 2.54. The molecule has 5 nitrogen and oxygen atoms in total. The van der Waals surface area contributed by atoms with Crippen LogP contribution in [0.4, 0.5) is 0 Å². The van der Waals surface area contributed by atoms with Crippen LogP contribution >= 0.6 is 0 Å². The van der Waals surface area contributed by atoms with Gasteiger partial charge in [0.25, 0.3) is 0 Å². The van der Waals surface area contributed by atoms with Crippen LogP contribution in [0.1, 0.15) is 85.5 Å². The Kier molecular flexibility index (Phi) is 7.71. The molecule has 0 bridgehead atoms. The minimum atomic E-state index is -0.537. The summed E-state index contributed by atoms with van der Waals surface area (Å²) in [4.78, 5) is 11.0. The van der Waals surface area contributed by atoms with Gasteiger partial charge >= 0.3 is 5.97 Å². The molecule has 0 aromatic carbocycles. The Balaban J connectivity index is 1.93. The summed E-state index contributed by atoms with van der Waals surface area (Å²) in [6.45, 7) is 7.45. The lowest BCUT2D eigenvalue weighted by molar-refractivity contribution is -0.337. The molecule has 2 aliphatic rings. The number of hydrogen-bond donors (Lipinski definition) is 1. The zero-order chi connectivity index (χ0) is 18.4. The number of carbonyl (C=O) groups is 1. The largest absolute Gasteiger partial charge is 0.463 e. The lowest BCUT2D eigenvalue weighted by atomic mass is 9.82. The molecule has 0 aromatic rings. The van der Waals surface area contributed by atoms with Gasteiger partial charge in [-0.3, -0.25) is 4.79 Å². The van der Waals surface area contributed by atoms with Crippen LogP contribution in [0.15, 0.2) is 0 Å². The first kappa shape index (κ1) is 20.7. The molecule has 1 aliphatic carbocycles. The monoisotopic (exact) mass is 356 g/mol. The van der Waals surface area contributed by atoms with Crippen LogP contribution in [-0.4, -0.2) is 41.3 Å². The molecule has 25 heavy (non-hydrogen) atoms. The van der Waals surface area contributed by atoms with Crippen LogP contribution < -0.4 is 0 Å². The highest BCUT2D eigenvalue weighted by molar-refractivity contribution is 5.66. The highest BCUT2D eigenvalue weighted by atomic mass is 16.7. The Morgan fingerprint density at radius 2 is 1.88 bits per heavy atom. The molecule has 146 valence electrons. The van der Waals surface area contributed by atoms with E-state index in [0.29, 0.717) is 18.8 Å². The van der Waals surface area contributed by atoms with Gasteiger partial charge in [0, 0.05) is 25.7 Å². The fourth-order valence-corrected chi connectivity index (χ4v) is 4.41. The molecule has 1 saturated carbocycles. The summed E-state index contributed by atoms with van der Waals surface area (Å²) in [7, 11) is 0. The molecule has 5 heteroatoms. The highest BCUT2D eigenvalue weighted by Crippen LogP contribution is 2.42. The maximum atomic E-state index is 11.0. The van der Waals surface area contributed by atoms with Crippen LogP contribution in [0.2, 0.25) is 0 Å². The molecule has 0 spiro atoms. The molecule has 0 radical (unpaired) electrons. The van der Waals surface area contributed by atoms with Gasteiger partial charge in [-0.25, -0.2) is 0 Å². The van der Waals surface area contributed by atoms with Crippen molar-refractivity contribution in [2.24, 2.45) is 5.92 Å². The van der Waals surface area contributed by atoms with E-state index in [2.05, 4.69) is 13.8 Å².